The maximum atomic E-state index is 4.54. The molecular formula is C14H10N4. The molecule has 4 heteroatoms. The van der Waals surface area contributed by atoms with Crippen LogP contribution in [-0.2, 0) is 0 Å². The first-order valence-electron chi connectivity index (χ1n) is 5.81. The molecule has 4 aromatic heterocycles. The molecule has 0 saturated carbocycles. The summed E-state index contributed by atoms with van der Waals surface area (Å²) in [4.78, 5) is 8.69. The normalized spacial score (nSPS) is 11.6. The average Bonchev–Trinajstić information content (AvgIpc) is 2.81. The molecule has 0 spiro atoms. The van der Waals surface area contributed by atoms with Crippen molar-refractivity contribution in [2.45, 2.75) is 6.92 Å². The van der Waals surface area contributed by atoms with Crippen LogP contribution in [0.25, 0.3) is 27.3 Å². The van der Waals surface area contributed by atoms with Crippen molar-refractivity contribution in [3.63, 3.8) is 0 Å². The Labute approximate surface area is 103 Å². The molecule has 0 fully saturated rings. The predicted octanol–water partition coefficient (Wildman–Crippen LogP) is 2.74. The fourth-order valence-electron chi connectivity index (χ4n) is 2.46. The Balaban J connectivity index is 2.45. The first-order chi connectivity index (χ1) is 8.84. The minimum absolute atomic E-state index is 0.971. The molecule has 0 atom stereocenters. The van der Waals surface area contributed by atoms with E-state index in [1.54, 1.807) is 6.20 Å². The molecule has 0 aromatic carbocycles. The van der Waals surface area contributed by atoms with Crippen molar-refractivity contribution in [2.75, 3.05) is 0 Å². The molecule has 0 aliphatic heterocycles. The summed E-state index contributed by atoms with van der Waals surface area (Å²) in [6.07, 6.45) is 5.48. The van der Waals surface area contributed by atoms with Crippen LogP contribution in [0.2, 0.25) is 0 Å². The molecule has 18 heavy (non-hydrogen) atoms. The molecule has 4 nitrogen and oxygen atoms in total. The van der Waals surface area contributed by atoms with E-state index in [4.69, 9.17) is 0 Å². The van der Waals surface area contributed by atoms with Gasteiger partial charge in [-0.2, -0.15) is 5.10 Å². The lowest BCUT2D eigenvalue weighted by atomic mass is 10.1. The smallest absolute Gasteiger partial charge is 0.0967 e. The molecule has 0 unspecified atom stereocenters. The lowest BCUT2D eigenvalue weighted by Gasteiger charge is -2.05. The van der Waals surface area contributed by atoms with Gasteiger partial charge in [-0.15, -0.1) is 0 Å². The third-order valence-corrected chi connectivity index (χ3v) is 3.20. The molecule has 4 heterocycles. The van der Waals surface area contributed by atoms with Gasteiger partial charge in [0.2, 0.25) is 0 Å². The first-order valence-corrected chi connectivity index (χ1v) is 5.81. The van der Waals surface area contributed by atoms with Crippen LogP contribution in [-0.4, -0.2) is 19.6 Å². The highest BCUT2D eigenvalue weighted by Gasteiger charge is 2.10. The molecule has 0 amide bonds. The zero-order valence-corrected chi connectivity index (χ0v) is 9.83. The van der Waals surface area contributed by atoms with Crippen LogP contribution in [0.15, 0.2) is 42.9 Å². The summed E-state index contributed by atoms with van der Waals surface area (Å²) in [5, 5.41) is 6.74. The Kier molecular flexibility index (Phi) is 1.73. The lowest BCUT2D eigenvalue weighted by molar-refractivity contribution is 0.972. The maximum Gasteiger partial charge on any atom is 0.0967 e. The van der Waals surface area contributed by atoms with Crippen molar-refractivity contribution in [1.29, 1.82) is 0 Å². The molecule has 0 saturated heterocycles. The van der Waals surface area contributed by atoms with E-state index in [0.717, 1.165) is 33.0 Å². The molecule has 0 bridgehead atoms. The maximum absolute atomic E-state index is 4.54. The molecule has 86 valence electrons. The van der Waals surface area contributed by atoms with Crippen LogP contribution in [0.4, 0.5) is 0 Å². The number of nitrogens with zero attached hydrogens (tertiary/aromatic N) is 4. The van der Waals surface area contributed by atoms with Crippen LogP contribution in [0.1, 0.15) is 5.69 Å². The molecule has 0 radical (unpaired) electrons. The second kappa shape index (κ2) is 3.26. The largest absolute Gasteiger partial charge is 0.264 e. The van der Waals surface area contributed by atoms with E-state index in [-0.39, 0.29) is 0 Å². The fourth-order valence-corrected chi connectivity index (χ4v) is 2.46. The van der Waals surface area contributed by atoms with Gasteiger partial charge in [-0.25, -0.2) is 4.52 Å². The first kappa shape index (κ1) is 9.53. The second-order valence-corrected chi connectivity index (χ2v) is 4.38. The molecule has 0 N–H and O–H groups in total. The summed E-state index contributed by atoms with van der Waals surface area (Å²) in [7, 11) is 0. The van der Waals surface area contributed by atoms with Gasteiger partial charge >= 0.3 is 0 Å². The van der Waals surface area contributed by atoms with E-state index >= 15 is 0 Å². The molecule has 0 aliphatic rings. The van der Waals surface area contributed by atoms with Crippen molar-refractivity contribution >= 4 is 27.3 Å². The SMILES string of the molecule is Cc1cc2c3ncccc3c3cnccc3n2n1. The zero-order valence-electron chi connectivity index (χ0n) is 9.83. The Morgan fingerprint density at radius 3 is 2.94 bits per heavy atom. The summed E-state index contributed by atoms with van der Waals surface area (Å²) in [6, 6.07) is 8.08. The van der Waals surface area contributed by atoms with Gasteiger partial charge in [0, 0.05) is 29.4 Å². The Hall–Kier alpha value is -2.49. The quantitative estimate of drug-likeness (QED) is 0.439. The summed E-state index contributed by atoms with van der Waals surface area (Å²) >= 11 is 0. The molecular weight excluding hydrogens is 224 g/mol. The Morgan fingerprint density at radius 2 is 2.00 bits per heavy atom. The highest BCUT2D eigenvalue weighted by molar-refractivity contribution is 6.10. The van der Waals surface area contributed by atoms with Gasteiger partial charge in [0.1, 0.15) is 0 Å². The number of aryl methyl sites for hydroxylation is 1. The monoisotopic (exact) mass is 234 g/mol. The van der Waals surface area contributed by atoms with Crippen LogP contribution in [0.5, 0.6) is 0 Å². The Bertz CT molecular complexity index is 819. The van der Waals surface area contributed by atoms with E-state index in [1.807, 2.05) is 36.0 Å². The predicted molar refractivity (Wildman–Crippen MR) is 70.5 cm³/mol. The lowest BCUT2D eigenvalue weighted by Crippen LogP contribution is -1.94. The van der Waals surface area contributed by atoms with Crippen molar-refractivity contribution in [3.8, 4) is 0 Å². The fraction of sp³-hybridized carbons (Fsp3) is 0.0714. The Morgan fingerprint density at radius 1 is 1.06 bits per heavy atom. The van der Waals surface area contributed by atoms with Gasteiger partial charge in [-0.3, -0.25) is 9.97 Å². The molecule has 4 rings (SSSR count). The van der Waals surface area contributed by atoms with E-state index in [9.17, 15) is 0 Å². The van der Waals surface area contributed by atoms with Crippen LogP contribution < -0.4 is 0 Å². The minimum Gasteiger partial charge on any atom is -0.264 e. The van der Waals surface area contributed by atoms with E-state index < -0.39 is 0 Å². The number of hydrogen-bond donors (Lipinski definition) is 0. The van der Waals surface area contributed by atoms with Gasteiger partial charge in [0.25, 0.3) is 0 Å². The van der Waals surface area contributed by atoms with Gasteiger partial charge in [-0.1, -0.05) is 6.07 Å². The minimum atomic E-state index is 0.971. The second-order valence-electron chi connectivity index (χ2n) is 4.38. The average molecular weight is 234 g/mol. The van der Waals surface area contributed by atoms with Gasteiger partial charge in [0.15, 0.2) is 0 Å². The summed E-state index contributed by atoms with van der Waals surface area (Å²) in [5.74, 6) is 0. The highest BCUT2D eigenvalue weighted by atomic mass is 15.2. The van der Waals surface area contributed by atoms with Crippen LogP contribution in [0.3, 0.4) is 0 Å². The zero-order chi connectivity index (χ0) is 12.1. The van der Waals surface area contributed by atoms with E-state index in [0.29, 0.717) is 0 Å². The van der Waals surface area contributed by atoms with Crippen LogP contribution in [0, 0.1) is 6.92 Å². The van der Waals surface area contributed by atoms with E-state index in [2.05, 4.69) is 27.2 Å². The van der Waals surface area contributed by atoms with Gasteiger partial charge in [-0.05, 0) is 25.1 Å². The number of aromatic nitrogens is 4. The third-order valence-electron chi connectivity index (χ3n) is 3.20. The standard InChI is InChI=1S/C14H10N4/c1-9-7-13-14-10(3-2-5-16-14)11-8-15-6-4-12(11)18(13)17-9/h2-8H,1H3. The number of hydrogen-bond acceptors (Lipinski definition) is 3. The number of rotatable bonds is 0. The van der Waals surface area contributed by atoms with Crippen molar-refractivity contribution in [2.24, 2.45) is 0 Å². The van der Waals surface area contributed by atoms with Crippen molar-refractivity contribution in [3.05, 3.63) is 48.5 Å². The molecule has 4 aromatic rings. The number of fused-ring (bicyclic) bond motifs is 6. The summed E-state index contributed by atoms with van der Waals surface area (Å²) < 4.78 is 1.95. The third kappa shape index (κ3) is 1.12. The van der Waals surface area contributed by atoms with Crippen LogP contribution >= 0.6 is 0 Å². The topological polar surface area (TPSA) is 43.1 Å². The van der Waals surface area contributed by atoms with Gasteiger partial charge in [0.05, 0.1) is 22.2 Å². The highest BCUT2D eigenvalue weighted by Crippen LogP contribution is 2.27. The summed E-state index contributed by atoms with van der Waals surface area (Å²) in [6.45, 7) is 1.99. The summed E-state index contributed by atoms with van der Waals surface area (Å²) in [5.41, 5.74) is 4.07. The van der Waals surface area contributed by atoms with Crippen molar-refractivity contribution < 1.29 is 0 Å². The number of pyridine rings is 3. The molecule has 0 aliphatic carbocycles. The van der Waals surface area contributed by atoms with Gasteiger partial charge < -0.3 is 0 Å². The van der Waals surface area contributed by atoms with Crippen molar-refractivity contribution in [1.82, 2.24) is 19.6 Å². The van der Waals surface area contributed by atoms with E-state index in [1.165, 1.54) is 0 Å².